The van der Waals surface area contributed by atoms with Crippen LogP contribution in [0.15, 0.2) is 42.5 Å². The topological polar surface area (TPSA) is 0 Å². The molecule has 0 aromatic heterocycles. The van der Waals surface area contributed by atoms with Crippen molar-refractivity contribution in [1.82, 2.24) is 0 Å². The lowest BCUT2D eigenvalue weighted by Crippen LogP contribution is -1.95. The average molecular weight is 210 g/mol. The molecule has 0 saturated heterocycles. The summed E-state index contributed by atoms with van der Waals surface area (Å²) in [7, 11) is 0. The van der Waals surface area contributed by atoms with Crippen molar-refractivity contribution in [3.8, 4) is 11.8 Å². The Bertz CT molecular complexity index is 389. The minimum atomic E-state index is 0.459. The Morgan fingerprint density at radius 2 is 1.88 bits per heavy atom. The van der Waals surface area contributed by atoms with E-state index in [-0.39, 0.29) is 0 Å². The van der Waals surface area contributed by atoms with E-state index in [1.165, 1.54) is 32.1 Å². The Kier molecular flexibility index (Phi) is 4.26. The molecule has 1 aromatic rings. The van der Waals surface area contributed by atoms with Gasteiger partial charge in [-0.25, -0.2) is 0 Å². The van der Waals surface area contributed by atoms with E-state index in [1.807, 2.05) is 18.2 Å². The lowest BCUT2D eigenvalue weighted by atomic mass is 9.97. The molecule has 0 radical (unpaired) electrons. The highest BCUT2D eigenvalue weighted by Gasteiger charge is 2.02. The van der Waals surface area contributed by atoms with Gasteiger partial charge in [0, 0.05) is 11.5 Å². The molecule has 1 aromatic carbocycles. The molecule has 0 heteroatoms. The monoisotopic (exact) mass is 210 g/mol. The van der Waals surface area contributed by atoms with E-state index < -0.39 is 0 Å². The molecule has 2 rings (SSSR count). The first-order chi connectivity index (χ1) is 7.95. The van der Waals surface area contributed by atoms with Crippen molar-refractivity contribution in [3.63, 3.8) is 0 Å². The highest BCUT2D eigenvalue weighted by atomic mass is 14.1. The molecule has 82 valence electrons. The van der Waals surface area contributed by atoms with Gasteiger partial charge in [-0.05, 0) is 31.4 Å². The number of rotatable bonds is 0. The van der Waals surface area contributed by atoms with Crippen molar-refractivity contribution in [2.24, 2.45) is 5.92 Å². The van der Waals surface area contributed by atoms with Gasteiger partial charge >= 0.3 is 0 Å². The highest BCUT2D eigenvalue weighted by molar-refractivity contribution is 5.34. The van der Waals surface area contributed by atoms with Crippen LogP contribution in [0.4, 0.5) is 0 Å². The van der Waals surface area contributed by atoms with Crippen LogP contribution in [-0.2, 0) is 0 Å². The molecule has 1 aliphatic carbocycles. The molecule has 0 heterocycles. The minimum absolute atomic E-state index is 0.459. The number of benzene rings is 1. The zero-order valence-corrected chi connectivity index (χ0v) is 9.65. The maximum absolute atomic E-state index is 3.37. The number of hydrogen-bond donors (Lipinski definition) is 0. The first kappa shape index (κ1) is 11.0. The maximum Gasteiger partial charge on any atom is 0.0386 e. The first-order valence-electron chi connectivity index (χ1n) is 6.18. The Morgan fingerprint density at radius 3 is 2.75 bits per heavy atom. The highest BCUT2D eigenvalue weighted by Crippen LogP contribution is 2.16. The summed E-state index contributed by atoms with van der Waals surface area (Å²) < 4.78 is 0. The number of allylic oxidation sites excluding steroid dienone is 2. The van der Waals surface area contributed by atoms with Crippen LogP contribution in [0.3, 0.4) is 0 Å². The van der Waals surface area contributed by atoms with Gasteiger partial charge in [-0.1, -0.05) is 55.0 Å². The quantitative estimate of drug-likeness (QED) is 0.445. The molecular formula is C16H18. The van der Waals surface area contributed by atoms with Crippen molar-refractivity contribution in [2.45, 2.75) is 32.1 Å². The Hall–Kier alpha value is -1.48. The summed E-state index contributed by atoms with van der Waals surface area (Å²) in [6.07, 6.45) is 11.0. The molecule has 0 amide bonds. The molecule has 16 heavy (non-hydrogen) atoms. The van der Waals surface area contributed by atoms with E-state index in [2.05, 4.69) is 36.1 Å². The second-order valence-corrected chi connectivity index (χ2v) is 4.31. The van der Waals surface area contributed by atoms with Gasteiger partial charge in [-0.3, -0.25) is 0 Å². The maximum atomic E-state index is 3.37. The SMILES string of the molecule is C(#CC1/C=C\CCCCC1)c1ccccc1. The van der Waals surface area contributed by atoms with Gasteiger partial charge in [-0.2, -0.15) is 0 Å². The van der Waals surface area contributed by atoms with E-state index >= 15 is 0 Å². The van der Waals surface area contributed by atoms with Crippen molar-refractivity contribution in [1.29, 1.82) is 0 Å². The fraction of sp³-hybridized carbons (Fsp3) is 0.375. The Morgan fingerprint density at radius 1 is 1.00 bits per heavy atom. The van der Waals surface area contributed by atoms with E-state index in [0.717, 1.165) is 5.56 Å². The van der Waals surface area contributed by atoms with Crippen LogP contribution >= 0.6 is 0 Å². The fourth-order valence-electron chi connectivity index (χ4n) is 1.98. The summed E-state index contributed by atoms with van der Waals surface area (Å²) in [5.41, 5.74) is 1.12. The minimum Gasteiger partial charge on any atom is -0.0903 e. The third-order valence-corrected chi connectivity index (χ3v) is 2.93. The largest absolute Gasteiger partial charge is 0.0903 e. The van der Waals surface area contributed by atoms with Gasteiger partial charge in [-0.15, -0.1) is 0 Å². The van der Waals surface area contributed by atoms with Gasteiger partial charge in [0.15, 0.2) is 0 Å². The van der Waals surface area contributed by atoms with Crippen LogP contribution in [0.2, 0.25) is 0 Å². The second-order valence-electron chi connectivity index (χ2n) is 4.31. The predicted molar refractivity (Wildman–Crippen MR) is 69.0 cm³/mol. The lowest BCUT2D eigenvalue weighted by molar-refractivity contribution is 0.591. The van der Waals surface area contributed by atoms with Gasteiger partial charge < -0.3 is 0 Å². The summed E-state index contributed by atoms with van der Waals surface area (Å²) in [6.45, 7) is 0. The van der Waals surface area contributed by atoms with Crippen molar-refractivity contribution >= 4 is 0 Å². The summed E-state index contributed by atoms with van der Waals surface area (Å²) >= 11 is 0. The van der Waals surface area contributed by atoms with Crippen molar-refractivity contribution in [3.05, 3.63) is 48.0 Å². The van der Waals surface area contributed by atoms with Crippen LogP contribution in [0.1, 0.15) is 37.7 Å². The molecular weight excluding hydrogens is 192 g/mol. The molecule has 0 aliphatic heterocycles. The Labute approximate surface area is 98.4 Å². The van der Waals surface area contributed by atoms with Crippen molar-refractivity contribution in [2.75, 3.05) is 0 Å². The third-order valence-electron chi connectivity index (χ3n) is 2.93. The van der Waals surface area contributed by atoms with Crippen LogP contribution < -0.4 is 0 Å². The smallest absolute Gasteiger partial charge is 0.0386 e. The van der Waals surface area contributed by atoms with Crippen LogP contribution in [0.5, 0.6) is 0 Å². The molecule has 0 spiro atoms. The molecule has 1 atom stereocenters. The second kappa shape index (κ2) is 6.18. The van der Waals surface area contributed by atoms with Gasteiger partial charge in [0.25, 0.3) is 0 Å². The summed E-state index contributed by atoms with van der Waals surface area (Å²) in [5, 5.41) is 0. The fourth-order valence-corrected chi connectivity index (χ4v) is 1.98. The average Bonchev–Trinajstić information content (AvgIpc) is 2.29. The zero-order chi connectivity index (χ0) is 11.1. The summed E-state index contributed by atoms with van der Waals surface area (Å²) in [5.74, 6) is 7.09. The molecule has 0 nitrogen and oxygen atoms in total. The molecule has 0 bridgehead atoms. The molecule has 0 saturated carbocycles. The zero-order valence-electron chi connectivity index (χ0n) is 9.65. The van der Waals surface area contributed by atoms with E-state index in [4.69, 9.17) is 0 Å². The van der Waals surface area contributed by atoms with E-state index in [9.17, 15) is 0 Å². The third kappa shape index (κ3) is 3.59. The van der Waals surface area contributed by atoms with Crippen molar-refractivity contribution < 1.29 is 0 Å². The summed E-state index contributed by atoms with van der Waals surface area (Å²) in [6, 6.07) is 10.2. The van der Waals surface area contributed by atoms with Crippen LogP contribution in [-0.4, -0.2) is 0 Å². The van der Waals surface area contributed by atoms with Crippen LogP contribution in [0, 0.1) is 17.8 Å². The standard InChI is InChI=1S/C16H18/c1-2-5-9-15(10-6-3-1)13-14-16-11-7-4-8-12-16/h4-5,7-9,11-12,15H,1-3,6,10H2/b9-5-. The van der Waals surface area contributed by atoms with E-state index in [1.54, 1.807) is 0 Å². The van der Waals surface area contributed by atoms with Gasteiger partial charge in [0.2, 0.25) is 0 Å². The molecule has 0 fully saturated rings. The van der Waals surface area contributed by atoms with Crippen LogP contribution in [0.25, 0.3) is 0 Å². The Balaban J connectivity index is 2.02. The van der Waals surface area contributed by atoms with Gasteiger partial charge in [0.05, 0.1) is 0 Å². The normalized spacial score (nSPS) is 22.4. The van der Waals surface area contributed by atoms with E-state index in [0.29, 0.717) is 5.92 Å². The van der Waals surface area contributed by atoms with Gasteiger partial charge in [0.1, 0.15) is 0 Å². The summed E-state index contributed by atoms with van der Waals surface area (Å²) in [4.78, 5) is 0. The molecule has 1 aliphatic rings. The number of hydrogen-bond acceptors (Lipinski definition) is 0. The lowest BCUT2D eigenvalue weighted by Gasteiger charge is -2.08. The predicted octanol–water partition coefficient (Wildman–Crippen LogP) is 4.17. The molecule has 1 unspecified atom stereocenters. The first-order valence-corrected chi connectivity index (χ1v) is 6.18. The molecule has 0 N–H and O–H groups in total.